The molecule has 1 aliphatic heterocycles. The Balaban J connectivity index is 2.58. The molecule has 2 heterocycles. The molecule has 8 nitrogen and oxygen atoms in total. The number of aromatic nitrogens is 2. The number of H-pyrrole nitrogens is 1. The van der Waals surface area contributed by atoms with E-state index in [-0.39, 0.29) is 16.9 Å². The molecule has 1 aromatic heterocycles. The predicted octanol–water partition coefficient (Wildman–Crippen LogP) is -1.50. The minimum absolute atomic E-state index is 0.111. The van der Waals surface area contributed by atoms with Crippen molar-refractivity contribution < 1.29 is 19.7 Å². The maximum atomic E-state index is 11.3. The van der Waals surface area contributed by atoms with Gasteiger partial charge in [0.25, 0.3) is 5.56 Å². The topological polar surface area (TPSA) is 109 Å². The van der Waals surface area contributed by atoms with Crippen LogP contribution in [0.25, 0.3) is 0 Å². The maximum Gasteiger partial charge on any atom is 0.251 e. The van der Waals surface area contributed by atoms with E-state index < -0.39 is 24.2 Å². The molecule has 0 bridgehead atoms. The fourth-order valence-corrected chi connectivity index (χ4v) is 2.73. The van der Waals surface area contributed by atoms with E-state index in [2.05, 4.69) is 10.3 Å². The number of rotatable bonds is 4. The predicted molar refractivity (Wildman–Crippen MR) is 71.7 cm³/mol. The zero-order valence-corrected chi connectivity index (χ0v) is 11.9. The largest absolute Gasteiger partial charge is 0.394 e. The van der Waals surface area contributed by atoms with Gasteiger partial charge in [-0.1, -0.05) is 0 Å². The van der Waals surface area contributed by atoms with E-state index in [0.717, 1.165) is 0 Å². The molecule has 9 heteroatoms. The van der Waals surface area contributed by atoms with E-state index in [9.17, 15) is 15.0 Å². The molecule has 4 atom stereocenters. The standard InChI is InChI=1S/C11H17N3O5S/c1-12-11(14-4-3-7(16)13-10(14)20)9(18-2)8(17)6(5-15)19-11/h3-4,6,8-9,12,15,17H,5H2,1-2H3,(H,13,16,20)/t6-,8-,9-,11+/m1/s1. The van der Waals surface area contributed by atoms with E-state index in [4.69, 9.17) is 21.7 Å². The quantitative estimate of drug-likeness (QED) is 0.501. The van der Waals surface area contributed by atoms with E-state index in [1.807, 2.05) is 0 Å². The molecule has 1 aliphatic rings. The monoisotopic (exact) mass is 303 g/mol. The molecule has 20 heavy (non-hydrogen) atoms. The third-order valence-corrected chi connectivity index (χ3v) is 3.68. The van der Waals surface area contributed by atoms with Crippen molar-refractivity contribution in [3.05, 3.63) is 27.4 Å². The van der Waals surface area contributed by atoms with E-state index in [1.165, 1.54) is 23.9 Å². The Hall–Kier alpha value is -1.10. The average Bonchev–Trinajstić information content (AvgIpc) is 2.71. The van der Waals surface area contributed by atoms with Crippen molar-refractivity contribution in [2.24, 2.45) is 0 Å². The van der Waals surface area contributed by atoms with Crippen molar-refractivity contribution in [1.29, 1.82) is 0 Å². The van der Waals surface area contributed by atoms with Crippen molar-refractivity contribution in [3.63, 3.8) is 0 Å². The van der Waals surface area contributed by atoms with Gasteiger partial charge in [-0.25, -0.2) is 0 Å². The summed E-state index contributed by atoms with van der Waals surface area (Å²) in [6.45, 7) is -0.374. The molecule has 4 N–H and O–H groups in total. The first-order valence-corrected chi connectivity index (χ1v) is 6.42. The summed E-state index contributed by atoms with van der Waals surface area (Å²) in [6, 6.07) is 1.28. The highest BCUT2D eigenvalue weighted by molar-refractivity contribution is 7.71. The van der Waals surface area contributed by atoms with Gasteiger partial charge in [-0.05, 0) is 19.3 Å². The van der Waals surface area contributed by atoms with Crippen LogP contribution in [-0.2, 0) is 15.3 Å². The van der Waals surface area contributed by atoms with Gasteiger partial charge >= 0.3 is 0 Å². The van der Waals surface area contributed by atoms with Crippen LogP contribution in [0.5, 0.6) is 0 Å². The fraction of sp³-hybridized carbons (Fsp3) is 0.636. The lowest BCUT2D eigenvalue weighted by Crippen LogP contribution is -2.56. The van der Waals surface area contributed by atoms with Crippen LogP contribution in [0.15, 0.2) is 17.1 Å². The molecular weight excluding hydrogens is 286 g/mol. The number of methoxy groups -OCH3 is 1. The van der Waals surface area contributed by atoms with Gasteiger partial charge in [-0.3, -0.25) is 19.7 Å². The number of aliphatic hydroxyl groups is 2. The molecule has 0 radical (unpaired) electrons. The molecule has 112 valence electrons. The zero-order chi connectivity index (χ0) is 14.9. The van der Waals surface area contributed by atoms with Crippen LogP contribution in [0, 0.1) is 4.77 Å². The number of likely N-dealkylation sites (N-methyl/N-ethyl adjacent to an activating group) is 1. The molecule has 0 spiro atoms. The summed E-state index contributed by atoms with van der Waals surface area (Å²) < 4.78 is 12.6. The first-order valence-electron chi connectivity index (χ1n) is 6.01. The van der Waals surface area contributed by atoms with Crippen molar-refractivity contribution in [2.45, 2.75) is 24.2 Å². The van der Waals surface area contributed by atoms with E-state index >= 15 is 0 Å². The SMILES string of the molecule is CN[C@@]1(n2ccc(=O)[nH]c2=S)O[C@H](CO)[C@@H](O)[C@H]1OC. The first-order chi connectivity index (χ1) is 9.50. The second kappa shape index (κ2) is 5.72. The summed E-state index contributed by atoms with van der Waals surface area (Å²) in [5.41, 5.74) is -0.344. The number of nitrogens with zero attached hydrogens (tertiary/aromatic N) is 1. The Morgan fingerprint density at radius 2 is 2.40 bits per heavy atom. The highest BCUT2D eigenvalue weighted by Gasteiger charge is 2.56. The Bertz CT molecular complexity index is 588. The second-order valence-corrected chi connectivity index (χ2v) is 4.80. The van der Waals surface area contributed by atoms with Gasteiger partial charge in [0.15, 0.2) is 4.77 Å². The van der Waals surface area contributed by atoms with Gasteiger partial charge < -0.3 is 19.7 Å². The number of aromatic amines is 1. The Morgan fingerprint density at radius 3 is 2.90 bits per heavy atom. The van der Waals surface area contributed by atoms with Crippen molar-refractivity contribution in [2.75, 3.05) is 20.8 Å². The molecule has 2 rings (SSSR count). The van der Waals surface area contributed by atoms with Gasteiger partial charge in [-0.2, -0.15) is 0 Å². The summed E-state index contributed by atoms with van der Waals surface area (Å²) in [5, 5.41) is 22.3. The van der Waals surface area contributed by atoms with Crippen LogP contribution in [0.4, 0.5) is 0 Å². The van der Waals surface area contributed by atoms with Crippen LogP contribution in [0.1, 0.15) is 0 Å². The number of hydrogen-bond acceptors (Lipinski definition) is 7. The molecule has 0 unspecified atom stereocenters. The van der Waals surface area contributed by atoms with Gasteiger partial charge in [0.1, 0.15) is 18.3 Å². The molecule has 1 fully saturated rings. The normalized spacial score (nSPS) is 33.5. The van der Waals surface area contributed by atoms with E-state index in [1.54, 1.807) is 7.05 Å². The minimum atomic E-state index is -1.32. The third kappa shape index (κ3) is 2.22. The first kappa shape index (κ1) is 15.3. The molecule has 0 aliphatic carbocycles. The van der Waals surface area contributed by atoms with Crippen LogP contribution in [0.3, 0.4) is 0 Å². The summed E-state index contributed by atoms with van der Waals surface area (Å²) in [6.07, 6.45) is -1.26. The summed E-state index contributed by atoms with van der Waals surface area (Å²) in [4.78, 5) is 13.7. The number of aliphatic hydroxyl groups excluding tert-OH is 2. The number of hydrogen-bond donors (Lipinski definition) is 4. The van der Waals surface area contributed by atoms with Gasteiger partial charge in [-0.15, -0.1) is 0 Å². The summed E-state index contributed by atoms with van der Waals surface area (Å²) in [7, 11) is 3.02. The van der Waals surface area contributed by atoms with Gasteiger partial charge in [0.05, 0.1) is 6.61 Å². The highest BCUT2D eigenvalue weighted by atomic mass is 32.1. The van der Waals surface area contributed by atoms with Crippen LogP contribution < -0.4 is 10.9 Å². The third-order valence-electron chi connectivity index (χ3n) is 3.38. The maximum absolute atomic E-state index is 11.3. The Kier molecular flexibility index (Phi) is 4.37. The Morgan fingerprint density at radius 1 is 1.70 bits per heavy atom. The molecule has 1 aromatic rings. The molecular formula is C11H17N3O5S. The lowest BCUT2D eigenvalue weighted by Gasteiger charge is -2.35. The summed E-state index contributed by atoms with van der Waals surface area (Å²) in [5.74, 6) is -1.32. The zero-order valence-electron chi connectivity index (χ0n) is 11.1. The fourth-order valence-electron chi connectivity index (χ4n) is 2.43. The van der Waals surface area contributed by atoms with Crippen molar-refractivity contribution in [1.82, 2.24) is 14.9 Å². The van der Waals surface area contributed by atoms with Crippen LogP contribution >= 0.6 is 12.2 Å². The smallest absolute Gasteiger partial charge is 0.251 e. The molecule has 0 amide bonds. The molecule has 0 saturated carbocycles. The minimum Gasteiger partial charge on any atom is -0.394 e. The van der Waals surface area contributed by atoms with Crippen molar-refractivity contribution in [3.8, 4) is 0 Å². The average molecular weight is 303 g/mol. The Labute approximate surface area is 120 Å². The molecule has 0 aromatic carbocycles. The van der Waals surface area contributed by atoms with Gasteiger partial charge in [0.2, 0.25) is 5.85 Å². The lowest BCUT2D eigenvalue weighted by atomic mass is 10.1. The molecule has 1 saturated heterocycles. The summed E-state index contributed by atoms with van der Waals surface area (Å²) >= 11 is 5.12. The van der Waals surface area contributed by atoms with Gasteiger partial charge in [0, 0.05) is 19.4 Å². The highest BCUT2D eigenvalue weighted by Crippen LogP contribution is 2.34. The van der Waals surface area contributed by atoms with Crippen LogP contribution in [-0.4, -0.2) is 58.8 Å². The lowest BCUT2D eigenvalue weighted by molar-refractivity contribution is -0.174. The number of nitrogens with one attached hydrogen (secondary N) is 2. The van der Waals surface area contributed by atoms with E-state index in [0.29, 0.717) is 0 Å². The second-order valence-electron chi connectivity index (χ2n) is 4.41. The van der Waals surface area contributed by atoms with Crippen molar-refractivity contribution >= 4 is 12.2 Å². The number of ether oxygens (including phenoxy) is 2. The van der Waals surface area contributed by atoms with Crippen LogP contribution in [0.2, 0.25) is 0 Å².